The van der Waals surface area contributed by atoms with Gasteiger partial charge in [0.15, 0.2) is 0 Å². The Morgan fingerprint density at radius 1 is 1.14 bits per heavy atom. The van der Waals surface area contributed by atoms with E-state index in [1.807, 2.05) is 6.92 Å². The number of nitro benzene ring substituents is 1. The maximum Gasteiger partial charge on any atom is 0.310 e. The fourth-order valence-electron chi connectivity index (χ4n) is 7.34. The monoisotopic (exact) mass is 487 g/mol. The molecule has 35 heavy (non-hydrogen) atoms. The number of non-ortho nitro benzene ring substituents is 1. The number of esters is 1. The second-order valence-electron chi connectivity index (χ2n) is 11.4. The highest BCUT2D eigenvalue weighted by molar-refractivity contribution is 5.75. The average molecular weight is 488 g/mol. The Labute approximate surface area is 206 Å². The number of piperazine rings is 1. The first-order valence-corrected chi connectivity index (χ1v) is 12.8. The molecule has 0 radical (unpaired) electrons. The molecule has 4 fully saturated rings. The summed E-state index contributed by atoms with van der Waals surface area (Å²) in [5.41, 5.74) is -0.884. The van der Waals surface area contributed by atoms with E-state index < -0.39 is 11.2 Å². The first-order valence-electron chi connectivity index (χ1n) is 12.8. The first kappa shape index (κ1) is 24.5. The quantitative estimate of drug-likeness (QED) is 0.384. The van der Waals surface area contributed by atoms with Crippen molar-refractivity contribution in [2.45, 2.75) is 63.3 Å². The van der Waals surface area contributed by atoms with Crippen LogP contribution in [0, 0.1) is 27.4 Å². The zero-order chi connectivity index (χ0) is 25.0. The summed E-state index contributed by atoms with van der Waals surface area (Å²) >= 11 is 0. The third-order valence-corrected chi connectivity index (χ3v) is 9.71. The minimum absolute atomic E-state index is 0.0131. The number of carbonyl (C=O) groups excluding carboxylic acids is 1. The number of aliphatic hydroxyl groups is 1. The second-order valence-corrected chi connectivity index (χ2v) is 11.4. The van der Waals surface area contributed by atoms with Crippen LogP contribution in [-0.2, 0) is 14.3 Å². The van der Waals surface area contributed by atoms with Crippen LogP contribution in [0.3, 0.4) is 0 Å². The van der Waals surface area contributed by atoms with Crippen molar-refractivity contribution in [3.63, 3.8) is 0 Å². The summed E-state index contributed by atoms with van der Waals surface area (Å²) in [6, 6.07) is 6.67. The molecule has 2 saturated heterocycles. The number of hydrogen-bond acceptors (Lipinski definition) is 8. The van der Waals surface area contributed by atoms with Crippen LogP contribution in [0.5, 0.6) is 0 Å². The standard InChI is InChI=1S/C26H37N3O6/c1-24-9-4-10-25(2,34-3)26(24,31)15-20-21(23(30)35-22(20)16-24)17-27-11-13-28(14-12-27)18-5-7-19(8-6-18)29(32)33/h5-8,20-22,31H,4,9-17H2,1-3H3/t20-,21-,22+,24-,25-,26-/m1/s1. The number of benzene rings is 1. The van der Waals surface area contributed by atoms with Gasteiger partial charge in [-0.3, -0.25) is 19.8 Å². The molecule has 2 saturated carbocycles. The van der Waals surface area contributed by atoms with E-state index in [1.54, 1.807) is 19.2 Å². The SMILES string of the molecule is CO[C@]1(C)CCC[C@]2(C)C[C@@H]3OC(=O)[C@H](CN4CCN(c5ccc([N+](=O)[O-])cc5)CC4)[C@H]3C[C@@]21O. The van der Waals surface area contributed by atoms with E-state index in [9.17, 15) is 20.0 Å². The molecule has 2 aliphatic carbocycles. The smallest absolute Gasteiger partial charge is 0.310 e. The van der Waals surface area contributed by atoms with Gasteiger partial charge in [0, 0.05) is 69.0 Å². The van der Waals surface area contributed by atoms with Gasteiger partial charge in [0.25, 0.3) is 5.69 Å². The zero-order valence-electron chi connectivity index (χ0n) is 20.9. The number of anilines is 1. The Balaban J connectivity index is 1.25. The van der Waals surface area contributed by atoms with E-state index in [2.05, 4.69) is 16.7 Å². The third-order valence-electron chi connectivity index (χ3n) is 9.71. The van der Waals surface area contributed by atoms with Gasteiger partial charge in [-0.15, -0.1) is 0 Å². The van der Waals surface area contributed by atoms with Crippen molar-refractivity contribution >= 4 is 17.3 Å². The number of hydrogen-bond donors (Lipinski definition) is 1. The van der Waals surface area contributed by atoms with Crippen molar-refractivity contribution < 1.29 is 24.3 Å². The van der Waals surface area contributed by atoms with Crippen LogP contribution >= 0.6 is 0 Å². The molecule has 0 aromatic heterocycles. The third kappa shape index (κ3) is 3.92. The van der Waals surface area contributed by atoms with Crippen LogP contribution < -0.4 is 4.90 Å². The minimum atomic E-state index is -0.991. The van der Waals surface area contributed by atoms with Crippen LogP contribution in [0.4, 0.5) is 11.4 Å². The van der Waals surface area contributed by atoms with Crippen LogP contribution in [0.15, 0.2) is 24.3 Å². The summed E-state index contributed by atoms with van der Waals surface area (Å²) in [6.45, 7) is 7.97. The fraction of sp³-hybridized carbons (Fsp3) is 0.731. The molecule has 192 valence electrons. The molecule has 2 aliphatic heterocycles. The van der Waals surface area contributed by atoms with E-state index in [0.29, 0.717) is 19.4 Å². The summed E-state index contributed by atoms with van der Waals surface area (Å²) in [5, 5.41) is 23.0. The predicted molar refractivity (Wildman–Crippen MR) is 130 cm³/mol. The molecule has 4 aliphatic rings. The second kappa shape index (κ2) is 8.71. The maximum atomic E-state index is 13.0. The highest BCUT2D eigenvalue weighted by atomic mass is 16.6. The molecule has 1 aromatic carbocycles. The Hall–Kier alpha value is -2.23. The molecule has 9 heteroatoms. The Kier molecular flexibility index (Phi) is 6.09. The summed E-state index contributed by atoms with van der Waals surface area (Å²) in [6.07, 6.45) is 3.80. The molecular weight excluding hydrogens is 450 g/mol. The first-order chi connectivity index (χ1) is 16.6. The average Bonchev–Trinajstić information content (AvgIpc) is 3.12. The Morgan fingerprint density at radius 2 is 1.83 bits per heavy atom. The van der Waals surface area contributed by atoms with Gasteiger partial charge in [-0.1, -0.05) is 6.92 Å². The number of nitrogens with zero attached hydrogens (tertiary/aromatic N) is 3. The van der Waals surface area contributed by atoms with Gasteiger partial charge in [0.05, 0.1) is 22.0 Å². The fourth-order valence-corrected chi connectivity index (χ4v) is 7.34. The van der Waals surface area contributed by atoms with Gasteiger partial charge in [-0.05, 0) is 51.2 Å². The van der Waals surface area contributed by atoms with E-state index >= 15 is 0 Å². The number of fused-ring (bicyclic) bond motifs is 2. The largest absolute Gasteiger partial charge is 0.462 e. The summed E-state index contributed by atoms with van der Waals surface area (Å²) in [7, 11) is 1.69. The molecule has 1 N–H and O–H groups in total. The highest BCUT2D eigenvalue weighted by Gasteiger charge is 2.67. The molecule has 9 nitrogen and oxygen atoms in total. The lowest BCUT2D eigenvalue weighted by Crippen LogP contribution is -2.69. The lowest BCUT2D eigenvalue weighted by atomic mass is 9.49. The van der Waals surface area contributed by atoms with Crippen LogP contribution in [0.1, 0.15) is 46.0 Å². The molecule has 0 spiro atoms. The van der Waals surface area contributed by atoms with Crippen molar-refractivity contribution in [1.82, 2.24) is 4.90 Å². The Morgan fingerprint density at radius 3 is 2.46 bits per heavy atom. The van der Waals surface area contributed by atoms with Crippen molar-refractivity contribution in [2.75, 3.05) is 44.7 Å². The Bertz CT molecular complexity index is 980. The lowest BCUT2D eigenvalue weighted by Gasteiger charge is -2.62. The number of rotatable bonds is 5. The van der Waals surface area contributed by atoms with E-state index in [1.165, 1.54) is 12.1 Å². The van der Waals surface area contributed by atoms with Gasteiger partial charge < -0.3 is 19.5 Å². The van der Waals surface area contributed by atoms with Crippen LogP contribution in [0.25, 0.3) is 0 Å². The molecule has 6 atom stereocenters. The highest BCUT2D eigenvalue weighted by Crippen LogP contribution is 2.61. The summed E-state index contributed by atoms with van der Waals surface area (Å²) in [4.78, 5) is 28.1. The van der Waals surface area contributed by atoms with Gasteiger partial charge in [0.1, 0.15) is 6.10 Å². The maximum absolute atomic E-state index is 13.0. The number of carbonyl (C=O) groups is 1. The topological polar surface area (TPSA) is 105 Å². The molecule has 0 bridgehead atoms. The summed E-state index contributed by atoms with van der Waals surface area (Å²) in [5.74, 6) is -0.397. The van der Waals surface area contributed by atoms with Gasteiger partial charge in [0.2, 0.25) is 0 Å². The van der Waals surface area contributed by atoms with Gasteiger partial charge in [-0.2, -0.15) is 0 Å². The van der Waals surface area contributed by atoms with Gasteiger partial charge >= 0.3 is 5.97 Å². The van der Waals surface area contributed by atoms with E-state index in [0.717, 1.165) is 51.1 Å². The lowest BCUT2D eigenvalue weighted by molar-refractivity contribution is -0.384. The zero-order valence-corrected chi connectivity index (χ0v) is 20.9. The van der Waals surface area contributed by atoms with Gasteiger partial charge in [-0.25, -0.2) is 0 Å². The molecule has 2 heterocycles. The molecule has 0 amide bonds. The summed E-state index contributed by atoms with van der Waals surface area (Å²) < 4.78 is 11.8. The predicted octanol–water partition coefficient (Wildman–Crippen LogP) is 2.99. The van der Waals surface area contributed by atoms with Crippen LogP contribution in [-0.4, -0.2) is 78.0 Å². The van der Waals surface area contributed by atoms with Crippen molar-refractivity contribution in [3.8, 4) is 0 Å². The normalized spacial score (nSPS) is 39.6. The van der Waals surface area contributed by atoms with Crippen LogP contribution in [0.2, 0.25) is 0 Å². The molecule has 1 aromatic rings. The van der Waals surface area contributed by atoms with Crippen molar-refractivity contribution in [3.05, 3.63) is 34.4 Å². The molecule has 0 unspecified atom stereocenters. The minimum Gasteiger partial charge on any atom is -0.462 e. The van der Waals surface area contributed by atoms with Crippen molar-refractivity contribution in [1.29, 1.82) is 0 Å². The number of nitro groups is 1. The van der Waals surface area contributed by atoms with Crippen molar-refractivity contribution in [2.24, 2.45) is 17.3 Å². The van der Waals surface area contributed by atoms with E-state index in [-0.39, 0.29) is 39.9 Å². The number of methoxy groups -OCH3 is 1. The van der Waals surface area contributed by atoms with E-state index in [4.69, 9.17) is 9.47 Å². The molecular formula is C26H37N3O6. The number of ether oxygens (including phenoxy) is 2. The molecule has 5 rings (SSSR count).